The number of carbonyl (C=O) groups excluding carboxylic acids is 3. The Morgan fingerprint density at radius 3 is 2.22 bits per heavy atom. The molecule has 3 amide bonds. The van der Waals surface area contributed by atoms with Crippen LogP contribution in [0.2, 0.25) is 0 Å². The van der Waals surface area contributed by atoms with Crippen LogP contribution >= 0.6 is 0 Å². The molecule has 5 rings (SSSR count). The number of nitrogens with zero attached hydrogens (tertiary/aromatic N) is 3. The Kier molecular flexibility index (Phi) is 6.84. The van der Waals surface area contributed by atoms with Crippen LogP contribution in [0.3, 0.4) is 0 Å². The first-order valence-electron chi connectivity index (χ1n) is 13.1. The molecule has 1 atom stereocenters. The molecular formula is C29H35N3O4. The third kappa shape index (κ3) is 4.52. The number of hydrogen-bond donors (Lipinski definition) is 0. The number of likely N-dealkylation sites (tertiary alicyclic amines) is 2. The van der Waals surface area contributed by atoms with E-state index in [1.54, 1.807) is 11.0 Å². The fourth-order valence-corrected chi connectivity index (χ4v) is 5.75. The smallest absolute Gasteiger partial charge is 0.256 e. The highest BCUT2D eigenvalue weighted by Crippen LogP contribution is 2.39. The minimum atomic E-state index is -0.885. The van der Waals surface area contributed by atoms with Crippen LogP contribution in [-0.4, -0.2) is 77.0 Å². The van der Waals surface area contributed by atoms with Crippen molar-refractivity contribution in [3.8, 4) is 0 Å². The third-order valence-corrected chi connectivity index (χ3v) is 7.89. The third-order valence-electron chi connectivity index (χ3n) is 7.89. The lowest BCUT2D eigenvalue weighted by atomic mass is 9.95. The molecule has 0 radical (unpaired) electrons. The SMILES string of the molecule is CCc1ccc(C(=O)N2CCC3(CC2)OC[C@@H](C(=O)N2CCCC2)N3C(=O)c2cccc(C)c2)cc1. The summed E-state index contributed by atoms with van der Waals surface area (Å²) in [4.78, 5) is 46.0. The van der Waals surface area contributed by atoms with E-state index in [4.69, 9.17) is 4.74 Å². The van der Waals surface area contributed by atoms with Crippen molar-refractivity contribution in [1.82, 2.24) is 14.7 Å². The van der Waals surface area contributed by atoms with Crippen molar-refractivity contribution in [2.45, 2.75) is 57.7 Å². The molecule has 36 heavy (non-hydrogen) atoms. The molecule has 2 aromatic rings. The summed E-state index contributed by atoms with van der Waals surface area (Å²) in [5, 5.41) is 0. The molecule has 0 aromatic heterocycles. The topological polar surface area (TPSA) is 70.2 Å². The Morgan fingerprint density at radius 2 is 1.58 bits per heavy atom. The Balaban J connectivity index is 1.38. The predicted molar refractivity (Wildman–Crippen MR) is 137 cm³/mol. The molecule has 3 fully saturated rings. The van der Waals surface area contributed by atoms with E-state index < -0.39 is 11.8 Å². The van der Waals surface area contributed by atoms with Crippen LogP contribution < -0.4 is 0 Å². The first-order valence-corrected chi connectivity index (χ1v) is 13.1. The Hall–Kier alpha value is -3.19. The fraction of sp³-hybridized carbons (Fsp3) is 0.483. The number of aryl methyl sites for hydroxylation is 2. The number of rotatable bonds is 4. The molecule has 3 aliphatic rings. The number of amides is 3. The maximum absolute atomic E-state index is 13.9. The van der Waals surface area contributed by atoms with Crippen LogP contribution in [0.25, 0.3) is 0 Å². The molecule has 7 heteroatoms. The second-order valence-corrected chi connectivity index (χ2v) is 10.2. The van der Waals surface area contributed by atoms with E-state index in [2.05, 4.69) is 6.92 Å². The molecule has 3 saturated heterocycles. The number of hydrogen-bond acceptors (Lipinski definition) is 4. The number of piperidine rings is 1. The summed E-state index contributed by atoms with van der Waals surface area (Å²) in [6, 6.07) is 14.6. The Labute approximate surface area is 213 Å². The van der Waals surface area contributed by atoms with Crippen molar-refractivity contribution < 1.29 is 19.1 Å². The lowest BCUT2D eigenvalue weighted by Gasteiger charge is -2.44. The van der Waals surface area contributed by atoms with Gasteiger partial charge in [-0.1, -0.05) is 36.8 Å². The molecule has 0 unspecified atom stereocenters. The van der Waals surface area contributed by atoms with Crippen molar-refractivity contribution in [2.24, 2.45) is 0 Å². The highest BCUT2D eigenvalue weighted by atomic mass is 16.5. The highest BCUT2D eigenvalue weighted by molar-refractivity contribution is 5.99. The normalized spacial score (nSPS) is 21.3. The predicted octanol–water partition coefficient (Wildman–Crippen LogP) is 3.65. The van der Waals surface area contributed by atoms with E-state index in [0.717, 1.165) is 37.9 Å². The summed E-state index contributed by atoms with van der Waals surface area (Å²) in [5.74, 6) is -0.213. The average molecular weight is 490 g/mol. The van der Waals surface area contributed by atoms with Crippen molar-refractivity contribution >= 4 is 17.7 Å². The molecule has 190 valence electrons. The largest absolute Gasteiger partial charge is 0.353 e. The minimum Gasteiger partial charge on any atom is -0.353 e. The second-order valence-electron chi connectivity index (χ2n) is 10.2. The van der Waals surface area contributed by atoms with E-state index in [-0.39, 0.29) is 24.3 Å². The van der Waals surface area contributed by atoms with Gasteiger partial charge in [-0.3, -0.25) is 19.3 Å². The summed E-state index contributed by atoms with van der Waals surface area (Å²) in [6.45, 7) is 6.64. The fourth-order valence-electron chi connectivity index (χ4n) is 5.75. The molecule has 0 bridgehead atoms. The summed E-state index contributed by atoms with van der Waals surface area (Å²) in [7, 11) is 0. The van der Waals surface area contributed by atoms with Gasteiger partial charge in [-0.05, 0) is 56.0 Å². The van der Waals surface area contributed by atoms with Crippen LogP contribution in [0, 0.1) is 6.92 Å². The van der Waals surface area contributed by atoms with Crippen molar-refractivity contribution in [1.29, 1.82) is 0 Å². The highest BCUT2D eigenvalue weighted by Gasteiger charge is 2.55. The summed E-state index contributed by atoms with van der Waals surface area (Å²) >= 11 is 0. The van der Waals surface area contributed by atoms with Crippen LogP contribution in [0.4, 0.5) is 0 Å². The molecule has 2 aromatic carbocycles. The van der Waals surface area contributed by atoms with Crippen LogP contribution in [0.1, 0.15) is 64.4 Å². The van der Waals surface area contributed by atoms with Gasteiger partial charge in [0, 0.05) is 50.1 Å². The van der Waals surface area contributed by atoms with Crippen molar-refractivity contribution in [3.05, 3.63) is 70.8 Å². The maximum atomic E-state index is 13.9. The molecule has 0 saturated carbocycles. The van der Waals surface area contributed by atoms with Gasteiger partial charge in [-0.2, -0.15) is 0 Å². The van der Waals surface area contributed by atoms with Gasteiger partial charge in [0.15, 0.2) is 0 Å². The minimum absolute atomic E-state index is 0.00764. The van der Waals surface area contributed by atoms with E-state index in [9.17, 15) is 14.4 Å². The summed E-state index contributed by atoms with van der Waals surface area (Å²) in [6.07, 6.45) is 3.87. The van der Waals surface area contributed by atoms with Crippen molar-refractivity contribution in [2.75, 3.05) is 32.8 Å². The zero-order valence-electron chi connectivity index (χ0n) is 21.2. The van der Waals surface area contributed by atoms with Crippen LogP contribution in [0.5, 0.6) is 0 Å². The summed E-state index contributed by atoms with van der Waals surface area (Å²) < 4.78 is 6.34. The van der Waals surface area contributed by atoms with Gasteiger partial charge >= 0.3 is 0 Å². The van der Waals surface area contributed by atoms with E-state index >= 15 is 0 Å². The van der Waals surface area contributed by atoms with E-state index in [1.165, 1.54) is 5.56 Å². The average Bonchev–Trinajstić information content (AvgIpc) is 3.57. The number of carbonyl (C=O) groups is 3. The second kappa shape index (κ2) is 10.1. The molecule has 1 spiro atoms. The molecule has 3 aliphatic heterocycles. The van der Waals surface area contributed by atoms with Gasteiger partial charge in [0.1, 0.15) is 11.8 Å². The molecule has 3 heterocycles. The number of benzene rings is 2. The standard InChI is InChI=1S/C29H35N3O4/c1-3-22-9-11-23(12-10-22)26(33)31-17-13-29(14-18-31)32(27(34)24-8-6-7-21(2)19-24)25(20-36-29)28(35)30-15-4-5-16-30/h6-12,19,25H,3-5,13-18,20H2,1-2H3/t25-/m0/s1. The van der Waals surface area contributed by atoms with Gasteiger partial charge in [0.05, 0.1) is 6.61 Å². The number of ether oxygens (including phenoxy) is 1. The van der Waals surface area contributed by atoms with Gasteiger partial charge in [0.25, 0.3) is 11.8 Å². The lowest BCUT2D eigenvalue weighted by Crippen LogP contribution is -2.60. The van der Waals surface area contributed by atoms with E-state index in [0.29, 0.717) is 37.1 Å². The zero-order valence-corrected chi connectivity index (χ0v) is 21.2. The molecule has 7 nitrogen and oxygen atoms in total. The van der Waals surface area contributed by atoms with Gasteiger partial charge < -0.3 is 14.5 Å². The quantitative estimate of drug-likeness (QED) is 0.657. The van der Waals surface area contributed by atoms with Crippen LogP contribution in [-0.2, 0) is 16.0 Å². The molecule has 0 aliphatic carbocycles. The monoisotopic (exact) mass is 489 g/mol. The van der Waals surface area contributed by atoms with E-state index in [1.807, 2.05) is 59.2 Å². The Morgan fingerprint density at radius 1 is 0.889 bits per heavy atom. The molecule has 0 N–H and O–H groups in total. The van der Waals surface area contributed by atoms with Crippen LogP contribution in [0.15, 0.2) is 48.5 Å². The first-order chi connectivity index (χ1) is 17.4. The van der Waals surface area contributed by atoms with Gasteiger partial charge in [-0.25, -0.2) is 0 Å². The van der Waals surface area contributed by atoms with Gasteiger partial charge in [-0.15, -0.1) is 0 Å². The summed E-state index contributed by atoms with van der Waals surface area (Å²) in [5.41, 5.74) is 2.54. The Bertz CT molecular complexity index is 1130. The van der Waals surface area contributed by atoms with Gasteiger partial charge in [0.2, 0.25) is 5.91 Å². The van der Waals surface area contributed by atoms with Crippen molar-refractivity contribution in [3.63, 3.8) is 0 Å². The maximum Gasteiger partial charge on any atom is 0.256 e. The first kappa shape index (κ1) is 24.5. The lowest BCUT2D eigenvalue weighted by molar-refractivity contribution is -0.136. The molecular weight excluding hydrogens is 454 g/mol. The zero-order chi connectivity index (χ0) is 25.3.